The molecule has 2 aliphatic rings. The Labute approximate surface area is 226 Å². The lowest BCUT2D eigenvalue weighted by Crippen LogP contribution is -2.40. The molecule has 0 radical (unpaired) electrons. The molecule has 2 aromatic rings. The Hall–Kier alpha value is -3.73. The molecule has 208 valence electrons. The van der Waals surface area contributed by atoms with Gasteiger partial charge in [-0.3, -0.25) is 9.59 Å². The lowest BCUT2D eigenvalue weighted by Gasteiger charge is -2.36. The fourth-order valence-electron chi connectivity index (χ4n) is 5.44. The van der Waals surface area contributed by atoms with E-state index >= 15 is 0 Å². The number of rotatable bonds is 10. The van der Waals surface area contributed by atoms with Crippen LogP contribution in [0.5, 0.6) is 5.75 Å². The SMILES string of the molecule is COC(=O)N1C(=O)[C@@H]2[C@@H](CC(COc3ccccc3)=C([C@H](O)CC/C(C)=C/c3ccc(CO)o3)[C@@H]2CO)C1=O. The first-order valence-electron chi connectivity index (χ1n) is 12.8. The zero-order valence-electron chi connectivity index (χ0n) is 21.9. The summed E-state index contributed by atoms with van der Waals surface area (Å²) in [5.41, 5.74) is 1.98. The number of allylic oxidation sites excluding steroid dienone is 1. The Balaban J connectivity index is 1.61. The predicted molar refractivity (Wildman–Crippen MR) is 139 cm³/mol. The molecule has 0 bridgehead atoms. The summed E-state index contributed by atoms with van der Waals surface area (Å²) >= 11 is 0. The second-order valence-electron chi connectivity index (χ2n) is 9.78. The molecule has 1 saturated heterocycles. The van der Waals surface area contributed by atoms with E-state index in [0.717, 1.165) is 12.7 Å². The third-order valence-corrected chi connectivity index (χ3v) is 7.29. The van der Waals surface area contributed by atoms with E-state index in [0.29, 0.717) is 39.7 Å². The number of para-hydroxylation sites is 1. The summed E-state index contributed by atoms with van der Waals surface area (Å²) in [6.07, 6.45) is 0.553. The topological polar surface area (TPSA) is 147 Å². The van der Waals surface area contributed by atoms with Crippen LogP contribution < -0.4 is 4.74 Å². The molecule has 0 spiro atoms. The van der Waals surface area contributed by atoms with Gasteiger partial charge in [-0.15, -0.1) is 0 Å². The maximum atomic E-state index is 13.2. The van der Waals surface area contributed by atoms with Gasteiger partial charge in [0, 0.05) is 5.92 Å². The van der Waals surface area contributed by atoms with Crippen LogP contribution in [-0.4, -0.2) is 64.6 Å². The number of amides is 3. The molecular formula is C29H33NO9. The lowest BCUT2D eigenvalue weighted by molar-refractivity contribution is -0.137. The third kappa shape index (κ3) is 5.98. The molecule has 3 amide bonds. The Morgan fingerprint density at radius 3 is 2.54 bits per heavy atom. The molecular weight excluding hydrogens is 506 g/mol. The van der Waals surface area contributed by atoms with E-state index in [2.05, 4.69) is 4.74 Å². The number of hydrogen-bond acceptors (Lipinski definition) is 9. The van der Waals surface area contributed by atoms with E-state index < -0.39 is 48.4 Å². The fraction of sp³-hybridized carbons (Fsp3) is 0.414. The summed E-state index contributed by atoms with van der Waals surface area (Å²) in [5, 5.41) is 31.0. The number of furan rings is 1. The molecule has 10 heteroatoms. The number of hydrogen-bond donors (Lipinski definition) is 3. The molecule has 1 aromatic heterocycles. The number of fused-ring (bicyclic) bond motifs is 1. The normalized spacial score (nSPS) is 22.2. The van der Waals surface area contributed by atoms with Crippen molar-refractivity contribution in [3.05, 3.63) is 70.7 Å². The highest BCUT2D eigenvalue weighted by Crippen LogP contribution is 2.46. The Morgan fingerprint density at radius 2 is 1.90 bits per heavy atom. The molecule has 1 aromatic carbocycles. The van der Waals surface area contributed by atoms with Crippen molar-refractivity contribution in [2.45, 2.75) is 38.9 Å². The van der Waals surface area contributed by atoms with Crippen LogP contribution in [0.15, 0.2) is 63.6 Å². The summed E-state index contributed by atoms with van der Waals surface area (Å²) in [5.74, 6) is -2.55. The monoisotopic (exact) mass is 539 g/mol. The molecule has 2 heterocycles. The highest BCUT2D eigenvalue weighted by Gasteiger charge is 2.57. The standard InChI is InChI=1S/C29H33NO9/c1-17(12-20-9-10-21(14-31)39-20)8-11-24(33)25-18(16-38-19-6-4-3-5-7-19)13-22-26(23(25)15-32)28(35)30(27(22)34)29(36)37-2/h3-7,9-10,12,22-24,26,31-33H,8,11,13-16H2,1-2H3/b17-12+/t22-,23+,24-,26-/m1/s1. The molecule has 3 N–H and O–H groups in total. The first-order chi connectivity index (χ1) is 18.8. The summed E-state index contributed by atoms with van der Waals surface area (Å²) in [6, 6.07) is 12.5. The number of likely N-dealkylation sites (tertiary alicyclic amines) is 1. The Bertz CT molecular complexity index is 1260. The molecule has 39 heavy (non-hydrogen) atoms. The molecule has 0 saturated carbocycles. The molecule has 1 aliphatic heterocycles. The van der Waals surface area contributed by atoms with Gasteiger partial charge in [0.2, 0.25) is 11.8 Å². The largest absolute Gasteiger partial charge is 0.489 e. The zero-order valence-corrected chi connectivity index (χ0v) is 21.9. The molecule has 1 fully saturated rings. The van der Waals surface area contributed by atoms with Crippen molar-refractivity contribution < 1.29 is 43.6 Å². The molecule has 4 rings (SSSR count). The van der Waals surface area contributed by atoms with Gasteiger partial charge >= 0.3 is 6.09 Å². The number of imide groups is 3. The second-order valence-corrected chi connectivity index (χ2v) is 9.78. The van der Waals surface area contributed by atoms with Crippen molar-refractivity contribution in [2.75, 3.05) is 20.3 Å². The summed E-state index contributed by atoms with van der Waals surface area (Å²) in [7, 11) is 1.09. The van der Waals surface area contributed by atoms with Crippen molar-refractivity contribution in [1.82, 2.24) is 4.90 Å². The quantitative estimate of drug-likeness (QED) is 0.306. The van der Waals surface area contributed by atoms with Gasteiger partial charge in [-0.25, -0.2) is 4.79 Å². The minimum atomic E-state index is -1.07. The van der Waals surface area contributed by atoms with Gasteiger partial charge < -0.3 is 29.2 Å². The first kappa shape index (κ1) is 28.3. The molecule has 4 atom stereocenters. The van der Waals surface area contributed by atoms with E-state index in [1.54, 1.807) is 24.3 Å². The van der Waals surface area contributed by atoms with Crippen molar-refractivity contribution in [3.8, 4) is 5.75 Å². The minimum Gasteiger partial charge on any atom is -0.489 e. The van der Waals surface area contributed by atoms with Crippen LogP contribution in [0, 0.1) is 17.8 Å². The van der Waals surface area contributed by atoms with Gasteiger partial charge in [-0.1, -0.05) is 23.8 Å². The second kappa shape index (κ2) is 12.4. The van der Waals surface area contributed by atoms with E-state index in [-0.39, 0.29) is 26.1 Å². The van der Waals surface area contributed by atoms with Crippen molar-refractivity contribution in [1.29, 1.82) is 0 Å². The maximum absolute atomic E-state index is 13.2. The molecule has 1 aliphatic carbocycles. The smallest absolute Gasteiger partial charge is 0.423 e. The average molecular weight is 540 g/mol. The van der Waals surface area contributed by atoms with Crippen LogP contribution in [0.2, 0.25) is 0 Å². The van der Waals surface area contributed by atoms with E-state index in [4.69, 9.17) is 9.15 Å². The van der Waals surface area contributed by atoms with Crippen LogP contribution in [0.25, 0.3) is 6.08 Å². The number of aliphatic hydroxyl groups is 3. The minimum absolute atomic E-state index is 0.0426. The van der Waals surface area contributed by atoms with Crippen LogP contribution in [-0.2, 0) is 20.9 Å². The van der Waals surface area contributed by atoms with E-state index in [1.165, 1.54) is 0 Å². The van der Waals surface area contributed by atoms with Gasteiger partial charge in [0.1, 0.15) is 30.5 Å². The number of nitrogens with zero attached hydrogens (tertiary/aromatic N) is 1. The van der Waals surface area contributed by atoms with Crippen LogP contribution in [0.4, 0.5) is 4.79 Å². The van der Waals surface area contributed by atoms with Gasteiger partial charge in [0.15, 0.2) is 0 Å². The predicted octanol–water partition coefficient (Wildman–Crippen LogP) is 3.07. The van der Waals surface area contributed by atoms with Crippen molar-refractivity contribution in [3.63, 3.8) is 0 Å². The summed E-state index contributed by atoms with van der Waals surface area (Å²) < 4.78 is 16.1. The number of ether oxygens (including phenoxy) is 2. The van der Waals surface area contributed by atoms with E-state index in [1.807, 2.05) is 31.2 Å². The van der Waals surface area contributed by atoms with Crippen LogP contribution in [0.1, 0.15) is 37.7 Å². The number of benzene rings is 1. The van der Waals surface area contributed by atoms with Crippen molar-refractivity contribution in [2.24, 2.45) is 17.8 Å². The summed E-state index contributed by atoms with van der Waals surface area (Å²) in [4.78, 5) is 39.0. The maximum Gasteiger partial charge on any atom is 0.423 e. The molecule has 10 nitrogen and oxygen atoms in total. The Kier molecular flexibility index (Phi) is 9.01. The van der Waals surface area contributed by atoms with Gasteiger partial charge in [-0.2, -0.15) is 4.90 Å². The van der Waals surface area contributed by atoms with E-state index in [9.17, 15) is 29.7 Å². The number of aliphatic hydroxyl groups excluding tert-OH is 3. The van der Waals surface area contributed by atoms with Gasteiger partial charge in [0.05, 0.1) is 31.7 Å². The Morgan fingerprint density at radius 1 is 1.15 bits per heavy atom. The van der Waals surface area contributed by atoms with Gasteiger partial charge in [-0.05, 0) is 67.7 Å². The van der Waals surface area contributed by atoms with Crippen molar-refractivity contribution >= 4 is 24.0 Å². The number of carbonyl (C=O) groups is 3. The highest BCUT2D eigenvalue weighted by molar-refractivity contribution is 6.16. The first-order valence-corrected chi connectivity index (χ1v) is 12.8. The van der Waals surface area contributed by atoms with Crippen LogP contribution >= 0.6 is 0 Å². The average Bonchev–Trinajstić information content (AvgIpc) is 3.50. The zero-order chi connectivity index (χ0) is 28.1. The fourth-order valence-corrected chi connectivity index (χ4v) is 5.44. The van der Waals surface area contributed by atoms with Gasteiger partial charge in [0.25, 0.3) is 0 Å². The number of carbonyl (C=O) groups excluding carboxylic acids is 3. The molecule has 0 unspecified atom stereocenters. The lowest BCUT2D eigenvalue weighted by atomic mass is 9.68. The summed E-state index contributed by atoms with van der Waals surface area (Å²) in [6.45, 7) is 1.23. The number of methoxy groups -OCH3 is 1. The van der Waals surface area contributed by atoms with Crippen LogP contribution in [0.3, 0.4) is 0 Å². The third-order valence-electron chi connectivity index (χ3n) is 7.29. The highest BCUT2D eigenvalue weighted by atomic mass is 16.5.